The van der Waals surface area contributed by atoms with E-state index >= 15 is 0 Å². The molecule has 2 heterocycles. The third-order valence-electron chi connectivity index (χ3n) is 1.57. The Morgan fingerprint density at radius 3 is 3.08 bits per heavy atom. The lowest BCUT2D eigenvalue weighted by Crippen LogP contribution is -1.80. The Balaban J connectivity index is 2.82. The van der Waals surface area contributed by atoms with Gasteiger partial charge >= 0.3 is 0 Å². The standard InChI is InChI=1S/C8H5ClN2O/c9-7-2-1-3-11-4-6(5-12)10-8(7)11/h1-5H. The van der Waals surface area contributed by atoms with E-state index in [1.807, 2.05) is 0 Å². The maximum atomic E-state index is 10.4. The van der Waals surface area contributed by atoms with E-state index in [4.69, 9.17) is 11.6 Å². The zero-order valence-electron chi connectivity index (χ0n) is 6.07. The lowest BCUT2D eigenvalue weighted by Gasteiger charge is -1.91. The largest absolute Gasteiger partial charge is 0.305 e. The molecular formula is C8H5ClN2O. The molecule has 2 rings (SSSR count). The van der Waals surface area contributed by atoms with Crippen molar-refractivity contribution >= 4 is 23.5 Å². The number of fused-ring (bicyclic) bond motifs is 1. The first-order valence-corrected chi connectivity index (χ1v) is 3.77. The first-order chi connectivity index (χ1) is 5.81. The van der Waals surface area contributed by atoms with Gasteiger partial charge in [-0.15, -0.1) is 0 Å². The summed E-state index contributed by atoms with van der Waals surface area (Å²) in [5.74, 6) is 0. The normalized spacial score (nSPS) is 10.4. The molecule has 0 aliphatic heterocycles. The maximum Gasteiger partial charge on any atom is 0.170 e. The van der Waals surface area contributed by atoms with Crippen LogP contribution in [0.1, 0.15) is 10.5 Å². The summed E-state index contributed by atoms with van der Waals surface area (Å²) in [6.45, 7) is 0. The van der Waals surface area contributed by atoms with Crippen LogP contribution in [0.25, 0.3) is 5.65 Å². The minimum atomic E-state index is 0.392. The topological polar surface area (TPSA) is 34.4 Å². The summed E-state index contributed by atoms with van der Waals surface area (Å²) in [6, 6.07) is 3.53. The fourth-order valence-corrected chi connectivity index (χ4v) is 1.27. The lowest BCUT2D eigenvalue weighted by molar-refractivity contribution is 0.111. The van der Waals surface area contributed by atoms with Gasteiger partial charge in [0.2, 0.25) is 0 Å². The molecule has 0 saturated heterocycles. The smallest absolute Gasteiger partial charge is 0.170 e. The second-order valence-electron chi connectivity index (χ2n) is 2.37. The number of aromatic nitrogens is 2. The van der Waals surface area contributed by atoms with E-state index in [2.05, 4.69) is 4.98 Å². The van der Waals surface area contributed by atoms with Gasteiger partial charge in [-0.25, -0.2) is 4.98 Å². The number of rotatable bonds is 1. The van der Waals surface area contributed by atoms with Crippen LogP contribution in [0.15, 0.2) is 24.5 Å². The molecule has 0 spiro atoms. The Hall–Kier alpha value is -1.35. The molecule has 0 fully saturated rings. The number of pyridine rings is 1. The van der Waals surface area contributed by atoms with E-state index < -0.39 is 0 Å². The third kappa shape index (κ3) is 0.987. The molecule has 0 atom stereocenters. The first kappa shape index (κ1) is 7.31. The summed E-state index contributed by atoms with van der Waals surface area (Å²) in [5, 5.41) is 0.547. The molecule has 2 aromatic rings. The second-order valence-corrected chi connectivity index (χ2v) is 2.78. The van der Waals surface area contributed by atoms with Gasteiger partial charge in [0.15, 0.2) is 11.9 Å². The van der Waals surface area contributed by atoms with Gasteiger partial charge in [0.05, 0.1) is 5.02 Å². The number of hydrogen-bond acceptors (Lipinski definition) is 2. The average molecular weight is 181 g/mol. The highest BCUT2D eigenvalue weighted by Crippen LogP contribution is 2.15. The van der Waals surface area contributed by atoms with E-state index in [0.717, 1.165) is 0 Å². The molecule has 0 N–H and O–H groups in total. The molecule has 0 bridgehead atoms. The molecule has 0 amide bonds. The maximum absolute atomic E-state index is 10.4. The fourth-order valence-electron chi connectivity index (χ4n) is 1.05. The molecule has 60 valence electrons. The Morgan fingerprint density at radius 2 is 2.42 bits per heavy atom. The molecule has 0 aromatic carbocycles. The van der Waals surface area contributed by atoms with Crippen LogP contribution in [0, 0.1) is 0 Å². The Bertz CT molecular complexity index is 436. The van der Waals surface area contributed by atoms with Gasteiger partial charge < -0.3 is 4.40 Å². The van der Waals surface area contributed by atoms with Crippen LogP contribution < -0.4 is 0 Å². The monoisotopic (exact) mass is 180 g/mol. The van der Waals surface area contributed by atoms with Gasteiger partial charge in [0, 0.05) is 12.4 Å². The number of nitrogens with zero attached hydrogens (tertiary/aromatic N) is 2. The van der Waals surface area contributed by atoms with Gasteiger partial charge in [-0.2, -0.15) is 0 Å². The van der Waals surface area contributed by atoms with Crippen molar-refractivity contribution < 1.29 is 4.79 Å². The van der Waals surface area contributed by atoms with Gasteiger partial charge in [-0.05, 0) is 12.1 Å². The van der Waals surface area contributed by atoms with Crippen LogP contribution in [0.3, 0.4) is 0 Å². The second kappa shape index (κ2) is 2.60. The SMILES string of the molecule is O=Cc1cn2cccc(Cl)c2n1. The molecule has 3 nitrogen and oxygen atoms in total. The van der Waals surface area contributed by atoms with E-state index in [1.54, 1.807) is 28.9 Å². The van der Waals surface area contributed by atoms with Crippen molar-refractivity contribution in [1.29, 1.82) is 0 Å². The minimum absolute atomic E-state index is 0.392. The molecule has 0 aliphatic carbocycles. The number of hydrogen-bond donors (Lipinski definition) is 0. The summed E-state index contributed by atoms with van der Waals surface area (Å²) in [4.78, 5) is 14.4. The molecule has 0 radical (unpaired) electrons. The highest BCUT2D eigenvalue weighted by Gasteiger charge is 2.02. The minimum Gasteiger partial charge on any atom is -0.305 e. The van der Waals surface area contributed by atoms with Crippen LogP contribution in [0.5, 0.6) is 0 Å². The molecular weight excluding hydrogens is 176 g/mol. The Kier molecular flexibility index (Phi) is 1.59. The highest BCUT2D eigenvalue weighted by molar-refractivity contribution is 6.33. The molecule has 0 saturated carbocycles. The molecule has 0 unspecified atom stereocenters. The average Bonchev–Trinajstić information content (AvgIpc) is 2.49. The fraction of sp³-hybridized carbons (Fsp3) is 0. The highest BCUT2D eigenvalue weighted by atomic mass is 35.5. The van der Waals surface area contributed by atoms with Crippen molar-refractivity contribution in [1.82, 2.24) is 9.38 Å². The number of imidazole rings is 1. The van der Waals surface area contributed by atoms with Crippen molar-refractivity contribution in [3.63, 3.8) is 0 Å². The van der Waals surface area contributed by atoms with Crippen molar-refractivity contribution in [2.24, 2.45) is 0 Å². The number of carbonyl (C=O) groups excluding carboxylic acids is 1. The van der Waals surface area contributed by atoms with Crippen LogP contribution in [0.2, 0.25) is 5.02 Å². The van der Waals surface area contributed by atoms with Crippen LogP contribution in [0.4, 0.5) is 0 Å². The molecule has 4 heteroatoms. The Morgan fingerprint density at radius 1 is 1.58 bits per heavy atom. The van der Waals surface area contributed by atoms with Crippen molar-refractivity contribution in [2.45, 2.75) is 0 Å². The third-order valence-corrected chi connectivity index (χ3v) is 1.87. The predicted octanol–water partition coefficient (Wildman–Crippen LogP) is 1.80. The van der Waals surface area contributed by atoms with Crippen molar-refractivity contribution in [3.8, 4) is 0 Å². The summed E-state index contributed by atoms with van der Waals surface area (Å²) in [5.41, 5.74) is 1.00. The zero-order chi connectivity index (χ0) is 8.55. The lowest BCUT2D eigenvalue weighted by atomic mass is 10.5. The van der Waals surface area contributed by atoms with Gasteiger partial charge in [0.25, 0.3) is 0 Å². The predicted molar refractivity (Wildman–Crippen MR) is 45.6 cm³/mol. The number of halogens is 1. The number of carbonyl (C=O) groups is 1. The van der Waals surface area contributed by atoms with Crippen LogP contribution in [-0.2, 0) is 0 Å². The zero-order valence-corrected chi connectivity index (χ0v) is 6.82. The molecule has 0 aliphatic rings. The molecule has 2 aromatic heterocycles. The van der Waals surface area contributed by atoms with Crippen LogP contribution in [-0.4, -0.2) is 15.7 Å². The van der Waals surface area contributed by atoms with Gasteiger partial charge in [-0.1, -0.05) is 11.6 Å². The molecule has 12 heavy (non-hydrogen) atoms. The van der Waals surface area contributed by atoms with Crippen molar-refractivity contribution in [3.05, 3.63) is 35.2 Å². The summed E-state index contributed by atoms with van der Waals surface area (Å²) in [7, 11) is 0. The number of aldehydes is 1. The van der Waals surface area contributed by atoms with Crippen LogP contribution >= 0.6 is 11.6 Å². The quantitative estimate of drug-likeness (QED) is 0.628. The van der Waals surface area contributed by atoms with E-state index in [9.17, 15) is 4.79 Å². The first-order valence-electron chi connectivity index (χ1n) is 3.39. The summed E-state index contributed by atoms with van der Waals surface area (Å²) in [6.07, 6.45) is 4.12. The summed E-state index contributed by atoms with van der Waals surface area (Å²) >= 11 is 5.83. The summed E-state index contributed by atoms with van der Waals surface area (Å²) < 4.78 is 1.71. The van der Waals surface area contributed by atoms with E-state index in [0.29, 0.717) is 22.6 Å². The van der Waals surface area contributed by atoms with E-state index in [1.165, 1.54) is 0 Å². The van der Waals surface area contributed by atoms with E-state index in [-0.39, 0.29) is 0 Å². The Labute approximate surface area is 73.6 Å². The van der Waals surface area contributed by atoms with Gasteiger partial charge in [0.1, 0.15) is 5.69 Å². The van der Waals surface area contributed by atoms with Gasteiger partial charge in [-0.3, -0.25) is 4.79 Å². The van der Waals surface area contributed by atoms with Crippen molar-refractivity contribution in [2.75, 3.05) is 0 Å².